The van der Waals surface area contributed by atoms with Gasteiger partial charge in [-0.15, -0.1) is 0 Å². The molecule has 0 radical (unpaired) electrons. The molecule has 0 atom stereocenters. The zero-order chi connectivity index (χ0) is 11.7. The SMILES string of the molecule is Cc1ccc(-c2nc(Cl)c(Br)c(Cl)n2)cc1. The van der Waals surface area contributed by atoms with Crippen LogP contribution in [0.3, 0.4) is 0 Å². The molecule has 1 heterocycles. The van der Waals surface area contributed by atoms with Gasteiger partial charge in [0.2, 0.25) is 0 Å². The van der Waals surface area contributed by atoms with Crippen LogP contribution in [0, 0.1) is 6.92 Å². The van der Waals surface area contributed by atoms with Crippen LogP contribution in [0.1, 0.15) is 5.56 Å². The van der Waals surface area contributed by atoms with E-state index in [1.807, 2.05) is 31.2 Å². The Morgan fingerprint density at radius 3 is 2.00 bits per heavy atom. The number of aryl methyl sites for hydroxylation is 1. The first kappa shape index (κ1) is 11.8. The monoisotopic (exact) mass is 316 g/mol. The number of aromatic nitrogens is 2. The second-order valence-electron chi connectivity index (χ2n) is 3.31. The van der Waals surface area contributed by atoms with Crippen molar-refractivity contribution >= 4 is 39.1 Å². The van der Waals surface area contributed by atoms with E-state index in [0.29, 0.717) is 20.6 Å². The topological polar surface area (TPSA) is 25.8 Å². The summed E-state index contributed by atoms with van der Waals surface area (Å²) in [6.45, 7) is 2.02. The average Bonchev–Trinajstić information content (AvgIpc) is 2.26. The molecule has 0 amide bonds. The number of benzene rings is 1. The van der Waals surface area contributed by atoms with Crippen molar-refractivity contribution in [3.05, 3.63) is 44.6 Å². The molecule has 2 nitrogen and oxygen atoms in total. The molecule has 2 rings (SSSR count). The first-order chi connectivity index (χ1) is 7.58. The van der Waals surface area contributed by atoms with Crippen molar-refractivity contribution in [1.82, 2.24) is 9.97 Å². The summed E-state index contributed by atoms with van der Waals surface area (Å²) in [5.41, 5.74) is 2.07. The van der Waals surface area contributed by atoms with Crippen LogP contribution in [0.5, 0.6) is 0 Å². The molecule has 0 unspecified atom stereocenters. The van der Waals surface area contributed by atoms with Gasteiger partial charge in [-0.3, -0.25) is 0 Å². The van der Waals surface area contributed by atoms with Crippen molar-refractivity contribution in [1.29, 1.82) is 0 Å². The van der Waals surface area contributed by atoms with Crippen LogP contribution in [0.15, 0.2) is 28.7 Å². The van der Waals surface area contributed by atoms with Crippen LogP contribution >= 0.6 is 39.1 Å². The lowest BCUT2D eigenvalue weighted by Gasteiger charge is -2.04. The summed E-state index contributed by atoms with van der Waals surface area (Å²) in [6.07, 6.45) is 0. The molecule has 0 aliphatic heterocycles. The standard InChI is InChI=1S/C11H7BrCl2N2/c1-6-2-4-7(5-3-6)11-15-9(13)8(12)10(14)16-11/h2-5H,1H3. The van der Waals surface area contributed by atoms with Gasteiger partial charge in [-0.2, -0.15) is 0 Å². The molecule has 0 saturated carbocycles. The van der Waals surface area contributed by atoms with Crippen LogP contribution in [0.2, 0.25) is 10.3 Å². The van der Waals surface area contributed by atoms with Crippen LogP contribution in [-0.4, -0.2) is 9.97 Å². The molecular formula is C11H7BrCl2N2. The molecule has 1 aromatic carbocycles. The number of nitrogens with zero attached hydrogens (tertiary/aromatic N) is 2. The Hall–Kier alpha value is -0.640. The largest absolute Gasteiger partial charge is 0.215 e. The molecule has 1 aromatic heterocycles. The van der Waals surface area contributed by atoms with Gasteiger partial charge in [-0.25, -0.2) is 9.97 Å². The maximum atomic E-state index is 5.92. The quantitative estimate of drug-likeness (QED) is 0.723. The Morgan fingerprint density at radius 1 is 1.00 bits per heavy atom. The highest BCUT2D eigenvalue weighted by Gasteiger charge is 2.10. The van der Waals surface area contributed by atoms with Gasteiger partial charge in [0.05, 0.1) is 4.47 Å². The van der Waals surface area contributed by atoms with Crippen molar-refractivity contribution in [2.24, 2.45) is 0 Å². The van der Waals surface area contributed by atoms with E-state index in [1.54, 1.807) is 0 Å². The molecule has 0 saturated heterocycles. The minimum atomic E-state index is 0.315. The van der Waals surface area contributed by atoms with Crippen molar-refractivity contribution in [3.63, 3.8) is 0 Å². The van der Waals surface area contributed by atoms with E-state index in [4.69, 9.17) is 23.2 Å². The number of rotatable bonds is 1. The fourth-order valence-electron chi connectivity index (χ4n) is 1.23. The van der Waals surface area contributed by atoms with Gasteiger partial charge in [0, 0.05) is 5.56 Å². The third-order valence-corrected chi connectivity index (χ3v) is 3.83. The Morgan fingerprint density at radius 2 is 1.50 bits per heavy atom. The van der Waals surface area contributed by atoms with E-state index in [9.17, 15) is 0 Å². The fourth-order valence-corrected chi connectivity index (χ4v) is 1.79. The van der Waals surface area contributed by atoms with E-state index in [-0.39, 0.29) is 0 Å². The Balaban J connectivity index is 2.52. The van der Waals surface area contributed by atoms with E-state index in [0.717, 1.165) is 5.56 Å². The summed E-state index contributed by atoms with van der Waals surface area (Å²) in [5.74, 6) is 0.526. The molecule has 16 heavy (non-hydrogen) atoms. The number of hydrogen-bond acceptors (Lipinski definition) is 2. The second kappa shape index (κ2) is 4.70. The van der Waals surface area contributed by atoms with Crippen LogP contribution in [0.25, 0.3) is 11.4 Å². The molecule has 82 valence electrons. The minimum absolute atomic E-state index is 0.315. The summed E-state index contributed by atoms with van der Waals surface area (Å²) in [6, 6.07) is 7.85. The highest BCUT2D eigenvalue weighted by atomic mass is 79.9. The zero-order valence-corrected chi connectivity index (χ0v) is 11.4. The minimum Gasteiger partial charge on any atom is -0.215 e. The van der Waals surface area contributed by atoms with Gasteiger partial charge in [-0.05, 0) is 22.9 Å². The van der Waals surface area contributed by atoms with Gasteiger partial charge in [0.15, 0.2) is 5.82 Å². The van der Waals surface area contributed by atoms with Gasteiger partial charge < -0.3 is 0 Å². The first-order valence-electron chi connectivity index (χ1n) is 4.53. The maximum Gasteiger partial charge on any atom is 0.162 e. The van der Waals surface area contributed by atoms with Gasteiger partial charge in [0.25, 0.3) is 0 Å². The Labute approximate surface area is 112 Å². The second-order valence-corrected chi connectivity index (χ2v) is 4.82. The highest BCUT2D eigenvalue weighted by Crippen LogP contribution is 2.29. The van der Waals surface area contributed by atoms with E-state index >= 15 is 0 Å². The molecule has 0 aliphatic carbocycles. The normalized spacial score (nSPS) is 10.5. The summed E-state index contributed by atoms with van der Waals surface area (Å²) in [4.78, 5) is 8.31. The lowest BCUT2D eigenvalue weighted by Crippen LogP contribution is -1.91. The summed E-state index contributed by atoms with van der Waals surface area (Å²) in [5, 5.41) is 0.631. The molecule has 0 N–H and O–H groups in total. The molecule has 0 fully saturated rings. The lowest BCUT2D eigenvalue weighted by atomic mass is 10.1. The predicted molar refractivity (Wildman–Crippen MR) is 69.9 cm³/mol. The summed E-state index contributed by atoms with van der Waals surface area (Å²) < 4.78 is 0.520. The van der Waals surface area contributed by atoms with Crippen molar-refractivity contribution in [3.8, 4) is 11.4 Å². The predicted octanol–water partition coefficient (Wildman–Crippen LogP) is 4.52. The van der Waals surface area contributed by atoms with E-state index in [2.05, 4.69) is 25.9 Å². The zero-order valence-electron chi connectivity index (χ0n) is 8.34. The van der Waals surface area contributed by atoms with E-state index < -0.39 is 0 Å². The summed E-state index contributed by atoms with van der Waals surface area (Å²) >= 11 is 15.0. The van der Waals surface area contributed by atoms with E-state index in [1.165, 1.54) is 5.56 Å². The highest BCUT2D eigenvalue weighted by molar-refractivity contribution is 9.10. The Bertz CT molecular complexity index is 503. The molecule has 0 spiro atoms. The molecule has 2 aromatic rings. The van der Waals surface area contributed by atoms with Crippen molar-refractivity contribution in [2.75, 3.05) is 0 Å². The van der Waals surface area contributed by atoms with Crippen molar-refractivity contribution in [2.45, 2.75) is 6.92 Å². The van der Waals surface area contributed by atoms with Gasteiger partial charge >= 0.3 is 0 Å². The lowest BCUT2D eigenvalue weighted by molar-refractivity contribution is 1.16. The number of halogens is 3. The average molecular weight is 318 g/mol. The fraction of sp³-hybridized carbons (Fsp3) is 0.0909. The van der Waals surface area contributed by atoms with Crippen LogP contribution < -0.4 is 0 Å². The maximum absolute atomic E-state index is 5.92. The van der Waals surface area contributed by atoms with Crippen LogP contribution in [0.4, 0.5) is 0 Å². The smallest absolute Gasteiger partial charge is 0.162 e. The molecular weight excluding hydrogens is 311 g/mol. The summed E-state index contributed by atoms with van der Waals surface area (Å²) in [7, 11) is 0. The van der Waals surface area contributed by atoms with Gasteiger partial charge in [0.1, 0.15) is 10.3 Å². The first-order valence-corrected chi connectivity index (χ1v) is 6.08. The molecule has 5 heteroatoms. The Kier molecular flexibility index (Phi) is 3.47. The third kappa shape index (κ3) is 2.37. The number of hydrogen-bond donors (Lipinski definition) is 0. The van der Waals surface area contributed by atoms with Crippen molar-refractivity contribution < 1.29 is 0 Å². The van der Waals surface area contributed by atoms with Gasteiger partial charge in [-0.1, -0.05) is 53.0 Å². The van der Waals surface area contributed by atoms with Crippen LogP contribution in [-0.2, 0) is 0 Å². The third-order valence-electron chi connectivity index (χ3n) is 2.08. The molecule has 0 aliphatic rings. The molecule has 0 bridgehead atoms.